The molecule has 1 aliphatic rings. The van der Waals surface area contributed by atoms with E-state index in [1.807, 2.05) is 53.9 Å². The highest BCUT2D eigenvalue weighted by Gasteiger charge is 2.32. The smallest absolute Gasteiger partial charge is 0.350 e. The fraction of sp³-hybridized carbons (Fsp3) is 0.207. The van der Waals surface area contributed by atoms with Gasteiger partial charge in [0.1, 0.15) is 16.2 Å². The number of carbonyl (C=O) groups excluding carboxylic acids is 1. The summed E-state index contributed by atoms with van der Waals surface area (Å²) in [6, 6.07) is 18.1. The Kier molecular flexibility index (Phi) is 7.12. The van der Waals surface area contributed by atoms with Gasteiger partial charge in [-0.05, 0) is 41.1 Å². The lowest BCUT2D eigenvalue weighted by Gasteiger charge is -2.38. The molecular formula is C29H23F2N9O2S. The first-order chi connectivity index (χ1) is 21.0. The van der Waals surface area contributed by atoms with E-state index in [-0.39, 0.29) is 17.4 Å². The molecule has 43 heavy (non-hydrogen) atoms. The number of hydrogen-bond donors (Lipinski definition) is 0. The molecule has 11 nitrogen and oxygen atoms in total. The van der Waals surface area contributed by atoms with Crippen molar-refractivity contribution in [2.24, 2.45) is 0 Å². The molecule has 1 atom stereocenters. The molecule has 5 heterocycles. The van der Waals surface area contributed by atoms with Crippen LogP contribution in [0.2, 0.25) is 0 Å². The number of fused-ring (bicyclic) bond motifs is 1. The third-order valence-corrected chi connectivity index (χ3v) is 8.06. The van der Waals surface area contributed by atoms with Gasteiger partial charge in [-0.3, -0.25) is 14.7 Å². The van der Waals surface area contributed by atoms with Crippen LogP contribution >= 0.6 is 11.3 Å². The van der Waals surface area contributed by atoms with Gasteiger partial charge >= 0.3 is 6.55 Å². The highest BCUT2D eigenvalue weighted by molar-refractivity contribution is 7.13. The molecule has 7 rings (SSSR count). The fourth-order valence-corrected chi connectivity index (χ4v) is 5.80. The topological polar surface area (TPSA) is 119 Å². The molecule has 1 aliphatic heterocycles. The standard InChI is InChI=1S/C29H23F2N9O2S/c30-29(31)40-36-25(35-37-40)24(18-4-2-1-3-5-18)38-11-13-39(14-12-38)28(41)22-16-19(8-9-32-22)26-34-21-17-20(6-7-23(21)42-26)27-33-10-15-43-27/h1-10,15-17,24,29H,11-14H2. The van der Waals surface area contributed by atoms with Crippen LogP contribution in [0.4, 0.5) is 8.78 Å². The lowest BCUT2D eigenvalue weighted by Crippen LogP contribution is -2.50. The van der Waals surface area contributed by atoms with Crippen molar-refractivity contribution in [3.63, 3.8) is 0 Å². The number of benzene rings is 2. The van der Waals surface area contributed by atoms with Gasteiger partial charge < -0.3 is 9.32 Å². The van der Waals surface area contributed by atoms with E-state index in [1.165, 1.54) is 0 Å². The van der Waals surface area contributed by atoms with Crippen molar-refractivity contribution in [3.8, 4) is 22.0 Å². The van der Waals surface area contributed by atoms with Crippen LogP contribution in [0.25, 0.3) is 33.1 Å². The van der Waals surface area contributed by atoms with Crippen molar-refractivity contribution >= 4 is 28.3 Å². The second kappa shape index (κ2) is 11.4. The first kappa shape index (κ1) is 26.9. The van der Waals surface area contributed by atoms with E-state index in [0.29, 0.717) is 53.5 Å². The van der Waals surface area contributed by atoms with Crippen molar-refractivity contribution in [1.29, 1.82) is 0 Å². The lowest BCUT2D eigenvalue weighted by molar-refractivity contribution is 0.0385. The summed E-state index contributed by atoms with van der Waals surface area (Å²) in [5.74, 6) is 0.349. The molecule has 0 bridgehead atoms. The minimum absolute atomic E-state index is 0.178. The molecule has 216 valence electrons. The monoisotopic (exact) mass is 599 g/mol. The first-order valence-electron chi connectivity index (χ1n) is 13.5. The molecule has 6 aromatic rings. The van der Waals surface area contributed by atoms with Crippen molar-refractivity contribution in [3.05, 3.63) is 95.5 Å². The van der Waals surface area contributed by atoms with E-state index in [0.717, 1.165) is 16.1 Å². The van der Waals surface area contributed by atoms with Gasteiger partial charge in [0.2, 0.25) is 5.89 Å². The molecule has 0 aliphatic carbocycles. The number of alkyl halides is 2. The highest BCUT2D eigenvalue weighted by atomic mass is 32.1. The van der Waals surface area contributed by atoms with Gasteiger partial charge in [0.05, 0.1) is 6.04 Å². The molecule has 0 N–H and O–H groups in total. The zero-order valence-electron chi connectivity index (χ0n) is 22.5. The Morgan fingerprint density at radius 1 is 0.930 bits per heavy atom. The molecule has 4 aromatic heterocycles. The quantitative estimate of drug-likeness (QED) is 0.251. The maximum Gasteiger partial charge on any atom is 0.350 e. The Hall–Kier alpha value is -4.95. The van der Waals surface area contributed by atoms with E-state index < -0.39 is 12.6 Å². The average Bonchev–Trinajstić information content (AvgIpc) is 3.83. The van der Waals surface area contributed by atoms with Crippen LogP contribution in [-0.4, -0.2) is 77.0 Å². The lowest BCUT2D eigenvalue weighted by atomic mass is 10.0. The summed E-state index contributed by atoms with van der Waals surface area (Å²) in [7, 11) is 0. The molecule has 0 spiro atoms. The Morgan fingerprint density at radius 2 is 1.77 bits per heavy atom. The third-order valence-electron chi connectivity index (χ3n) is 7.24. The zero-order chi connectivity index (χ0) is 29.3. The summed E-state index contributed by atoms with van der Waals surface area (Å²) in [6.45, 7) is -1.13. The molecular weight excluding hydrogens is 576 g/mol. The van der Waals surface area contributed by atoms with Gasteiger partial charge in [-0.25, -0.2) is 9.97 Å². The fourth-order valence-electron chi connectivity index (χ4n) is 5.16. The largest absolute Gasteiger partial charge is 0.436 e. The van der Waals surface area contributed by atoms with Crippen LogP contribution in [-0.2, 0) is 0 Å². The Bertz CT molecular complexity index is 1870. The molecule has 1 amide bonds. The van der Waals surface area contributed by atoms with Gasteiger partial charge in [0.15, 0.2) is 11.4 Å². The summed E-state index contributed by atoms with van der Waals surface area (Å²) >= 11 is 1.55. The number of thiazole rings is 1. The van der Waals surface area contributed by atoms with Crippen LogP contribution in [0.5, 0.6) is 0 Å². The van der Waals surface area contributed by atoms with Gasteiger partial charge in [0, 0.05) is 55.1 Å². The number of carbonyl (C=O) groups is 1. The van der Waals surface area contributed by atoms with Crippen LogP contribution in [0.15, 0.2) is 82.9 Å². The summed E-state index contributed by atoms with van der Waals surface area (Å²) in [5.41, 5.74) is 4.05. The molecule has 1 unspecified atom stereocenters. The van der Waals surface area contributed by atoms with Crippen LogP contribution in [0, 0.1) is 0 Å². The highest BCUT2D eigenvalue weighted by Crippen LogP contribution is 2.30. The molecule has 1 fully saturated rings. The minimum Gasteiger partial charge on any atom is -0.436 e. The number of piperazine rings is 1. The summed E-state index contributed by atoms with van der Waals surface area (Å²) < 4.78 is 32.3. The van der Waals surface area contributed by atoms with Crippen molar-refractivity contribution in [2.75, 3.05) is 26.2 Å². The van der Waals surface area contributed by atoms with Crippen molar-refractivity contribution in [2.45, 2.75) is 12.6 Å². The number of halogens is 2. The predicted molar refractivity (Wildman–Crippen MR) is 153 cm³/mol. The van der Waals surface area contributed by atoms with Crippen LogP contribution in [0.1, 0.15) is 34.5 Å². The van der Waals surface area contributed by atoms with Gasteiger partial charge in [-0.15, -0.1) is 21.5 Å². The second-order valence-corrected chi connectivity index (χ2v) is 10.8. The predicted octanol–water partition coefficient (Wildman–Crippen LogP) is 4.94. The maximum absolute atomic E-state index is 13.5. The molecule has 0 saturated carbocycles. The van der Waals surface area contributed by atoms with Gasteiger partial charge in [-0.1, -0.05) is 35.1 Å². The van der Waals surface area contributed by atoms with Crippen LogP contribution in [0.3, 0.4) is 0 Å². The second-order valence-electron chi connectivity index (χ2n) is 9.86. The molecule has 0 radical (unpaired) electrons. The minimum atomic E-state index is -2.88. The number of aromatic nitrogens is 7. The number of rotatable bonds is 7. The zero-order valence-corrected chi connectivity index (χ0v) is 23.3. The molecule has 1 saturated heterocycles. The average molecular weight is 600 g/mol. The number of pyridine rings is 1. The number of hydrogen-bond acceptors (Lipinski definition) is 10. The van der Waals surface area contributed by atoms with Gasteiger partial charge in [-0.2, -0.15) is 8.78 Å². The number of nitrogens with zero attached hydrogens (tertiary/aromatic N) is 9. The van der Waals surface area contributed by atoms with E-state index >= 15 is 0 Å². The normalized spacial score (nSPS) is 14.9. The van der Waals surface area contributed by atoms with E-state index in [1.54, 1.807) is 40.8 Å². The van der Waals surface area contributed by atoms with E-state index in [9.17, 15) is 13.6 Å². The first-order valence-corrected chi connectivity index (χ1v) is 14.3. The molecule has 14 heteroatoms. The Morgan fingerprint density at radius 3 is 2.51 bits per heavy atom. The van der Waals surface area contributed by atoms with E-state index in [4.69, 9.17) is 4.42 Å². The van der Waals surface area contributed by atoms with Crippen LogP contribution < -0.4 is 0 Å². The summed E-state index contributed by atoms with van der Waals surface area (Å²) in [4.78, 5) is 30.9. The number of tetrazole rings is 1. The third kappa shape index (κ3) is 5.37. The number of oxazole rings is 1. The summed E-state index contributed by atoms with van der Waals surface area (Å²) in [6.07, 6.45) is 3.33. The number of amides is 1. The Labute approximate surface area is 247 Å². The summed E-state index contributed by atoms with van der Waals surface area (Å²) in [5, 5.41) is 14.2. The SMILES string of the molecule is O=C(c1cc(-c2nc3cc(-c4nccs4)ccc3o2)ccn1)N1CCN(C(c2ccccc2)c2nnn(C(F)F)n2)CC1. The Balaban J connectivity index is 1.08. The van der Waals surface area contributed by atoms with Gasteiger partial charge in [0.25, 0.3) is 5.91 Å². The van der Waals surface area contributed by atoms with E-state index in [2.05, 4.69) is 35.3 Å². The molecule has 2 aromatic carbocycles. The van der Waals surface area contributed by atoms with Crippen molar-refractivity contribution in [1.82, 2.24) is 45.0 Å². The maximum atomic E-state index is 13.5. The van der Waals surface area contributed by atoms with Crippen molar-refractivity contribution < 1.29 is 18.0 Å².